The molecule has 3 aliphatic rings. The Bertz CT molecular complexity index is 2080. The van der Waals surface area contributed by atoms with Crippen molar-refractivity contribution in [1.82, 2.24) is 20.1 Å². The molecule has 4 atom stereocenters. The predicted molar refractivity (Wildman–Crippen MR) is 233 cm³/mol. The van der Waals surface area contributed by atoms with E-state index < -0.39 is 74.3 Å². The molecule has 0 saturated carbocycles. The number of anilines is 1. The molecule has 3 aliphatic heterocycles. The van der Waals surface area contributed by atoms with Gasteiger partial charge in [0.1, 0.15) is 28.3 Å². The number of ether oxygens (including phenoxy) is 4. The van der Waals surface area contributed by atoms with Gasteiger partial charge < -0.3 is 39.7 Å². The number of thiazole rings is 1. The number of nitrogens with one attached hydrogen (secondary N) is 1. The fraction of sp³-hybridized carbons (Fsp3) is 0.500. The number of rotatable bonds is 13. The summed E-state index contributed by atoms with van der Waals surface area (Å²) in [6.45, 7) is 14.2. The van der Waals surface area contributed by atoms with Gasteiger partial charge in [0.15, 0.2) is 21.0 Å². The minimum absolute atomic E-state index is 0.0515. The number of fused-ring (bicyclic) bond motifs is 1. The molecule has 2 aromatic carbocycles. The molecule has 328 valence electrons. The SMILES string of the molecule is CC(C)(C)OC(=O)N1CCOC[C@@H]1CS[C@]1(C(=O)OC(c2ccccc2)c2ccccc2)CN2C(=O)[C@@H](NC(=O)/C(=N\OC(C)(C)C(=O)OC(C)(C)C)c3csc(N)n3)[C@H]2S1. The van der Waals surface area contributed by atoms with Crippen molar-refractivity contribution in [3.63, 3.8) is 0 Å². The molecule has 3 saturated heterocycles. The average Bonchev–Trinajstić information content (AvgIpc) is 3.79. The molecule has 19 heteroatoms. The first-order valence-corrected chi connectivity index (χ1v) is 22.4. The lowest BCUT2D eigenvalue weighted by Crippen LogP contribution is -2.68. The van der Waals surface area contributed by atoms with Gasteiger partial charge in [-0.05, 0) is 66.5 Å². The number of nitrogens with two attached hydrogens (primary N) is 1. The Morgan fingerprint density at radius 2 is 1.61 bits per heavy atom. The maximum absolute atomic E-state index is 14.9. The first kappa shape index (κ1) is 45.7. The maximum Gasteiger partial charge on any atom is 0.410 e. The highest BCUT2D eigenvalue weighted by atomic mass is 32.2. The summed E-state index contributed by atoms with van der Waals surface area (Å²) in [7, 11) is 0. The highest BCUT2D eigenvalue weighted by Gasteiger charge is 2.63. The van der Waals surface area contributed by atoms with Gasteiger partial charge in [0.2, 0.25) is 11.5 Å². The molecule has 61 heavy (non-hydrogen) atoms. The summed E-state index contributed by atoms with van der Waals surface area (Å²) < 4.78 is 22.0. The van der Waals surface area contributed by atoms with Crippen LogP contribution in [-0.4, -0.2) is 121 Å². The average molecular weight is 897 g/mol. The quantitative estimate of drug-likeness (QED) is 0.0730. The summed E-state index contributed by atoms with van der Waals surface area (Å²) in [6.07, 6.45) is -1.28. The fourth-order valence-electron chi connectivity index (χ4n) is 6.44. The van der Waals surface area contributed by atoms with Crippen LogP contribution in [-0.2, 0) is 43.0 Å². The minimum atomic E-state index is -1.61. The summed E-state index contributed by atoms with van der Waals surface area (Å²) in [6, 6.07) is 17.1. The lowest BCUT2D eigenvalue weighted by atomic mass is 10.0. The van der Waals surface area contributed by atoms with Crippen molar-refractivity contribution in [2.24, 2.45) is 5.16 Å². The Kier molecular flexibility index (Phi) is 13.7. The second-order valence-electron chi connectivity index (χ2n) is 17.1. The third-order valence-electron chi connectivity index (χ3n) is 9.46. The van der Waals surface area contributed by atoms with E-state index >= 15 is 0 Å². The van der Waals surface area contributed by atoms with E-state index in [9.17, 15) is 24.0 Å². The second kappa shape index (κ2) is 18.2. The van der Waals surface area contributed by atoms with E-state index in [4.69, 9.17) is 29.5 Å². The minimum Gasteiger partial charge on any atom is -0.457 e. The van der Waals surface area contributed by atoms with Crippen LogP contribution < -0.4 is 11.1 Å². The number of oxime groups is 1. The Balaban J connectivity index is 1.27. The van der Waals surface area contributed by atoms with Gasteiger partial charge in [0.25, 0.3) is 5.91 Å². The molecule has 0 radical (unpaired) electrons. The zero-order valence-corrected chi connectivity index (χ0v) is 37.8. The predicted octanol–water partition coefficient (Wildman–Crippen LogP) is 5.36. The number of β-lactam (4-membered cyclic amide) rings is 1. The molecule has 3 fully saturated rings. The van der Waals surface area contributed by atoms with Crippen LogP contribution >= 0.6 is 34.9 Å². The molecule has 16 nitrogen and oxygen atoms in total. The molecule has 3 amide bonds. The third kappa shape index (κ3) is 11.0. The summed E-state index contributed by atoms with van der Waals surface area (Å²) in [4.78, 5) is 82.0. The molecule has 0 aliphatic carbocycles. The van der Waals surface area contributed by atoms with Crippen LogP contribution in [0.15, 0.2) is 71.2 Å². The molecule has 1 aromatic heterocycles. The molecule has 3 N–H and O–H groups in total. The number of esters is 2. The van der Waals surface area contributed by atoms with Crippen LogP contribution in [0.3, 0.4) is 0 Å². The van der Waals surface area contributed by atoms with E-state index in [-0.39, 0.29) is 35.4 Å². The van der Waals surface area contributed by atoms with Gasteiger partial charge in [-0.2, -0.15) is 0 Å². The summed E-state index contributed by atoms with van der Waals surface area (Å²) in [5, 5.41) is 7.76. The Hall–Kier alpha value is -4.85. The summed E-state index contributed by atoms with van der Waals surface area (Å²) in [5.41, 5.74) is 3.99. The van der Waals surface area contributed by atoms with E-state index in [0.29, 0.717) is 13.2 Å². The first-order valence-electron chi connectivity index (χ1n) is 19.7. The van der Waals surface area contributed by atoms with E-state index in [1.165, 1.54) is 47.7 Å². The number of hydrogen-bond donors (Lipinski definition) is 2. The van der Waals surface area contributed by atoms with Crippen LogP contribution in [0.25, 0.3) is 0 Å². The number of morpholine rings is 1. The van der Waals surface area contributed by atoms with Gasteiger partial charge in [0, 0.05) is 17.7 Å². The maximum atomic E-state index is 14.9. The lowest BCUT2D eigenvalue weighted by Gasteiger charge is -2.41. The molecule has 0 unspecified atom stereocenters. The van der Waals surface area contributed by atoms with Gasteiger partial charge >= 0.3 is 18.0 Å². The zero-order chi connectivity index (χ0) is 44.3. The highest BCUT2D eigenvalue weighted by molar-refractivity contribution is 8.20. The number of carbonyl (C=O) groups is 5. The summed E-state index contributed by atoms with van der Waals surface area (Å²) in [5.74, 6) is -2.33. The highest BCUT2D eigenvalue weighted by Crippen LogP contribution is 2.54. The van der Waals surface area contributed by atoms with Crippen molar-refractivity contribution < 1.29 is 47.8 Å². The second-order valence-corrected chi connectivity index (χ2v) is 21.0. The number of nitrogens with zero attached hydrogens (tertiary/aromatic N) is 4. The molecule has 0 bridgehead atoms. The van der Waals surface area contributed by atoms with Crippen LogP contribution in [0.4, 0.5) is 9.93 Å². The first-order chi connectivity index (χ1) is 28.7. The van der Waals surface area contributed by atoms with Crippen molar-refractivity contribution in [1.29, 1.82) is 0 Å². The molecule has 6 rings (SSSR count). The standard InChI is InChI=1S/C42H52N6O10S3/c1-39(2,3)56-35(51)41(7,8)58-46-29(28-23-59-37(43)44-28)32(49)45-30-33(50)48-24-42(61-34(30)48,60-22-27-21-54-20-19-47(27)38(53)57-40(4,5)6)36(52)55-31(25-15-11-9-12-16-25)26-17-13-10-14-18-26/h9-18,23,27,30-31,34H,19-22,24H2,1-8H3,(H2,43,44)(H,45,49)/b46-29-/t27-,30-,34-,42-/m1/s1. The number of carbonyl (C=O) groups excluding carboxylic acids is 5. The number of benzene rings is 2. The smallest absolute Gasteiger partial charge is 0.410 e. The van der Waals surface area contributed by atoms with E-state index in [0.717, 1.165) is 22.5 Å². The van der Waals surface area contributed by atoms with Crippen LogP contribution in [0.2, 0.25) is 0 Å². The molecule has 0 spiro atoms. The van der Waals surface area contributed by atoms with Crippen molar-refractivity contribution in [3.8, 4) is 0 Å². The number of thioether (sulfide) groups is 2. The topological polar surface area (TPSA) is 201 Å². The fourth-order valence-corrected chi connectivity index (χ4v) is 10.3. The zero-order valence-electron chi connectivity index (χ0n) is 35.4. The number of nitrogen functional groups attached to an aromatic ring is 1. The molecular weight excluding hydrogens is 845 g/mol. The Labute approximate surface area is 367 Å². The lowest BCUT2D eigenvalue weighted by molar-refractivity contribution is -0.179. The van der Waals surface area contributed by atoms with Gasteiger partial charge in [0.05, 0.1) is 25.8 Å². The monoisotopic (exact) mass is 896 g/mol. The van der Waals surface area contributed by atoms with Gasteiger partial charge in [-0.3, -0.25) is 14.5 Å². The van der Waals surface area contributed by atoms with Crippen molar-refractivity contribution in [2.45, 2.75) is 99.8 Å². The normalized spacial score (nSPS) is 22.0. The number of hydrogen-bond acceptors (Lipinski definition) is 16. The molecule has 4 heterocycles. The molecular formula is C42H52N6O10S3. The number of aromatic nitrogens is 1. The Morgan fingerprint density at radius 3 is 2.18 bits per heavy atom. The van der Waals surface area contributed by atoms with E-state index in [1.807, 2.05) is 60.7 Å². The van der Waals surface area contributed by atoms with Crippen LogP contribution in [0, 0.1) is 0 Å². The van der Waals surface area contributed by atoms with Crippen molar-refractivity contribution in [2.75, 3.05) is 37.8 Å². The van der Waals surface area contributed by atoms with Gasteiger partial charge in [-0.15, -0.1) is 34.9 Å². The van der Waals surface area contributed by atoms with Crippen molar-refractivity contribution in [3.05, 3.63) is 82.9 Å². The van der Waals surface area contributed by atoms with Crippen molar-refractivity contribution >= 4 is 75.6 Å². The van der Waals surface area contributed by atoms with Crippen LogP contribution in [0.1, 0.15) is 78.3 Å². The van der Waals surface area contributed by atoms with Crippen LogP contribution in [0.5, 0.6) is 0 Å². The third-order valence-corrected chi connectivity index (χ3v) is 13.5. The van der Waals surface area contributed by atoms with E-state index in [1.54, 1.807) is 46.4 Å². The number of amides is 3. The van der Waals surface area contributed by atoms with Gasteiger partial charge in [-0.25, -0.2) is 19.4 Å². The summed E-state index contributed by atoms with van der Waals surface area (Å²) >= 11 is 3.50. The Morgan fingerprint density at radius 1 is 0.984 bits per heavy atom. The van der Waals surface area contributed by atoms with E-state index in [2.05, 4.69) is 15.5 Å². The molecule has 3 aromatic rings. The van der Waals surface area contributed by atoms with Gasteiger partial charge in [-0.1, -0.05) is 65.8 Å². The largest absolute Gasteiger partial charge is 0.457 e.